The van der Waals surface area contributed by atoms with Crippen molar-refractivity contribution in [1.82, 2.24) is 0 Å². The second-order valence-corrected chi connectivity index (χ2v) is 7.78. The molecule has 22 heavy (non-hydrogen) atoms. The number of benzene rings is 3. The number of aryl methyl sites for hydroxylation is 1. The zero-order valence-electron chi connectivity index (χ0n) is 12.5. The van der Waals surface area contributed by atoms with Crippen LogP contribution in [0.4, 0.5) is 0 Å². The highest BCUT2D eigenvalue weighted by molar-refractivity contribution is 14.1. The number of hydrogen-bond acceptors (Lipinski definition) is 0. The van der Waals surface area contributed by atoms with Crippen LogP contribution in [0.25, 0.3) is 22.3 Å². The summed E-state index contributed by atoms with van der Waals surface area (Å²) in [5.74, 6) is 0. The average Bonchev–Trinajstić information content (AvgIpc) is 2.53. The van der Waals surface area contributed by atoms with Gasteiger partial charge in [0, 0.05) is 7.14 Å². The number of rotatable bonds is 2. The first kappa shape index (κ1) is 16.0. The van der Waals surface area contributed by atoms with Crippen LogP contribution in [0.15, 0.2) is 60.7 Å². The number of halogens is 2. The van der Waals surface area contributed by atoms with Crippen molar-refractivity contribution in [2.45, 2.75) is 13.8 Å². The molecule has 0 heterocycles. The molecular formula is C20H16I2. The summed E-state index contributed by atoms with van der Waals surface area (Å²) < 4.78 is 2.62. The van der Waals surface area contributed by atoms with E-state index in [0.29, 0.717) is 0 Å². The van der Waals surface area contributed by atoms with Crippen LogP contribution < -0.4 is 0 Å². The Kier molecular flexibility index (Phi) is 4.88. The quantitative estimate of drug-likeness (QED) is 0.331. The van der Waals surface area contributed by atoms with E-state index in [9.17, 15) is 0 Å². The lowest BCUT2D eigenvalue weighted by atomic mass is 9.96. The van der Waals surface area contributed by atoms with Gasteiger partial charge in [-0.3, -0.25) is 0 Å². The van der Waals surface area contributed by atoms with E-state index >= 15 is 0 Å². The minimum atomic E-state index is 1.27. The molecule has 0 saturated heterocycles. The van der Waals surface area contributed by atoms with E-state index in [1.807, 2.05) is 0 Å². The third-order valence-corrected chi connectivity index (χ3v) is 6.26. The minimum Gasteiger partial charge on any atom is -0.0606 e. The molecule has 110 valence electrons. The van der Waals surface area contributed by atoms with E-state index in [4.69, 9.17) is 0 Å². The summed E-state index contributed by atoms with van der Waals surface area (Å²) in [4.78, 5) is 0. The molecular weight excluding hydrogens is 494 g/mol. The van der Waals surface area contributed by atoms with Crippen molar-refractivity contribution in [3.05, 3.63) is 78.9 Å². The van der Waals surface area contributed by atoms with Crippen LogP contribution in [-0.4, -0.2) is 0 Å². The highest BCUT2D eigenvalue weighted by atomic mass is 127. The van der Waals surface area contributed by atoms with Crippen LogP contribution in [0.3, 0.4) is 0 Å². The fourth-order valence-corrected chi connectivity index (χ4v) is 3.66. The summed E-state index contributed by atoms with van der Waals surface area (Å²) in [6.07, 6.45) is 0. The lowest BCUT2D eigenvalue weighted by Crippen LogP contribution is -1.90. The fourth-order valence-electron chi connectivity index (χ4n) is 2.64. The molecule has 0 atom stereocenters. The maximum atomic E-state index is 2.44. The molecule has 0 unspecified atom stereocenters. The summed E-state index contributed by atoms with van der Waals surface area (Å²) in [6.45, 7) is 4.37. The molecule has 0 nitrogen and oxygen atoms in total. The third kappa shape index (κ3) is 3.23. The van der Waals surface area contributed by atoms with Gasteiger partial charge in [0.25, 0.3) is 0 Å². The van der Waals surface area contributed by atoms with Crippen molar-refractivity contribution < 1.29 is 0 Å². The van der Waals surface area contributed by atoms with Gasteiger partial charge in [0.2, 0.25) is 0 Å². The molecule has 0 amide bonds. The highest BCUT2D eigenvalue weighted by Crippen LogP contribution is 2.30. The highest BCUT2D eigenvalue weighted by Gasteiger charge is 2.07. The van der Waals surface area contributed by atoms with E-state index in [2.05, 4.69) is 120 Å². The Hall–Kier alpha value is -0.880. The molecule has 0 saturated carbocycles. The SMILES string of the molecule is Cc1ccc(-c2ccc(-c3cccc(I)c3)cc2)c(C)c1I. The minimum absolute atomic E-state index is 1.27. The van der Waals surface area contributed by atoms with Crippen LogP contribution in [-0.2, 0) is 0 Å². The van der Waals surface area contributed by atoms with Crippen molar-refractivity contribution >= 4 is 45.2 Å². The van der Waals surface area contributed by atoms with Crippen molar-refractivity contribution in [3.63, 3.8) is 0 Å². The van der Waals surface area contributed by atoms with Crippen molar-refractivity contribution in [1.29, 1.82) is 0 Å². The molecule has 3 aromatic carbocycles. The maximum Gasteiger partial charge on any atom is 0.0194 e. The van der Waals surface area contributed by atoms with Gasteiger partial charge < -0.3 is 0 Å². The zero-order valence-corrected chi connectivity index (χ0v) is 16.8. The van der Waals surface area contributed by atoms with Crippen LogP contribution in [0.1, 0.15) is 11.1 Å². The van der Waals surface area contributed by atoms with E-state index in [1.54, 1.807) is 0 Å². The molecule has 3 aromatic rings. The van der Waals surface area contributed by atoms with Crippen LogP contribution >= 0.6 is 45.2 Å². The summed E-state index contributed by atoms with van der Waals surface area (Å²) in [5, 5.41) is 0. The molecule has 0 N–H and O–H groups in total. The van der Waals surface area contributed by atoms with Gasteiger partial charge in [0.1, 0.15) is 0 Å². The molecule has 0 aromatic heterocycles. The Bertz CT molecular complexity index is 818. The van der Waals surface area contributed by atoms with Crippen molar-refractivity contribution in [2.24, 2.45) is 0 Å². The predicted molar refractivity (Wildman–Crippen MR) is 112 cm³/mol. The van der Waals surface area contributed by atoms with Gasteiger partial charge in [-0.25, -0.2) is 0 Å². The summed E-state index contributed by atoms with van der Waals surface area (Å²) in [7, 11) is 0. The van der Waals surface area contributed by atoms with Gasteiger partial charge in [-0.05, 0) is 105 Å². The smallest absolute Gasteiger partial charge is 0.0194 e. The first-order chi connectivity index (χ1) is 10.6. The third-order valence-electron chi connectivity index (χ3n) is 3.93. The van der Waals surface area contributed by atoms with Gasteiger partial charge in [0.05, 0.1) is 0 Å². The summed E-state index contributed by atoms with van der Waals surface area (Å²) in [6, 6.07) is 21.9. The first-order valence-corrected chi connectivity index (χ1v) is 9.34. The molecule has 0 radical (unpaired) electrons. The Morgan fingerprint density at radius 2 is 1.36 bits per heavy atom. The Morgan fingerprint density at radius 1 is 0.682 bits per heavy atom. The predicted octanol–water partition coefficient (Wildman–Crippen LogP) is 6.85. The Balaban J connectivity index is 2.00. The topological polar surface area (TPSA) is 0 Å². The van der Waals surface area contributed by atoms with Crippen molar-refractivity contribution in [2.75, 3.05) is 0 Å². The summed E-state index contributed by atoms with van der Waals surface area (Å²) >= 11 is 4.80. The van der Waals surface area contributed by atoms with Gasteiger partial charge in [-0.2, -0.15) is 0 Å². The molecule has 2 heteroatoms. The van der Waals surface area contributed by atoms with Crippen molar-refractivity contribution in [3.8, 4) is 22.3 Å². The first-order valence-electron chi connectivity index (χ1n) is 7.18. The van der Waals surface area contributed by atoms with Gasteiger partial charge in [-0.1, -0.05) is 48.5 Å². The van der Waals surface area contributed by atoms with E-state index in [0.717, 1.165) is 0 Å². The lowest BCUT2D eigenvalue weighted by molar-refractivity contribution is 1.34. The monoisotopic (exact) mass is 510 g/mol. The van der Waals surface area contributed by atoms with Crippen LogP contribution in [0.2, 0.25) is 0 Å². The lowest BCUT2D eigenvalue weighted by Gasteiger charge is -2.11. The number of hydrogen-bond donors (Lipinski definition) is 0. The molecule has 0 aliphatic rings. The largest absolute Gasteiger partial charge is 0.0606 e. The van der Waals surface area contributed by atoms with Gasteiger partial charge >= 0.3 is 0 Å². The maximum absolute atomic E-state index is 2.44. The second-order valence-electron chi connectivity index (χ2n) is 5.46. The normalized spacial score (nSPS) is 10.7. The standard InChI is InChI=1S/C20H16I2/c1-13-6-11-19(14(2)20(13)22)16-9-7-15(8-10-16)17-4-3-5-18(21)12-17/h3-12H,1-2H3. The van der Waals surface area contributed by atoms with E-state index < -0.39 is 0 Å². The summed E-state index contributed by atoms with van der Waals surface area (Å²) in [5.41, 5.74) is 7.85. The molecule has 0 spiro atoms. The van der Waals surface area contributed by atoms with E-state index in [-0.39, 0.29) is 0 Å². The zero-order chi connectivity index (χ0) is 15.7. The van der Waals surface area contributed by atoms with Crippen LogP contribution in [0.5, 0.6) is 0 Å². The molecule has 0 bridgehead atoms. The molecule has 3 rings (SSSR count). The second kappa shape index (κ2) is 6.71. The Morgan fingerprint density at radius 3 is 2.05 bits per heavy atom. The molecule has 0 fully saturated rings. The van der Waals surface area contributed by atoms with E-state index in [1.165, 1.54) is 40.5 Å². The van der Waals surface area contributed by atoms with Gasteiger partial charge in [0.15, 0.2) is 0 Å². The fraction of sp³-hybridized carbons (Fsp3) is 0.100. The van der Waals surface area contributed by atoms with Crippen LogP contribution in [0, 0.1) is 21.0 Å². The molecule has 0 aliphatic heterocycles. The molecule has 0 aliphatic carbocycles. The van der Waals surface area contributed by atoms with Gasteiger partial charge in [-0.15, -0.1) is 0 Å². The average molecular weight is 510 g/mol. The Labute approximate surface area is 159 Å².